The Labute approximate surface area is 116 Å². The maximum absolute atomic E-state index is 11.6. The number of nitrogens with one attached hydrogen (secondary N) is 1. The lowest BCUT2D eigenvalue weighted by Gasteiger charge is -2.09. The van der Waals surface area contributed by atoms with Gasteiger partial charge >= 0.3 is 0 Å². The Morgan fingerprint density at radius 3 is 2.85 bits per heavy atom. The molecule has 2 aromatic heterocycles. The van der Waals surface area contributed by atoms with Crippen molar-refractivity contribution in [3.63, 3.8) is 0 Å². The summed E-state index contributed by atoms with van der Waals surface area (Å²) < 4.78 is 1.57. The summed E-state index contributed by atoms with van der Waals surface area (Å²) in [4.78, 5) is 20.4. The predicted octanol–water partition coefficient (Wildman–Crippen LogP) is 0.790. The number of rotatable bonds is 3. The van der Waals surface area contributed by atoms with E-state index in [2.05, 4.69) is 20.4 Å². The van der Waals surface area contributed by atoms with Crippen LogP contribution in [0.25, 0.3) is 5.82 Å². The zero-order valence-electron chi connectivity index (χ0n) is 11.4. The minimum absolute atomic E-state index is 0.231. The van der Waals surface area contributed by atoms with Gasteiger partial charge in [0, 0.05) is 24.7 Å². The quantitative estimate of drug-likeness (QED) is 0.860. The molecular formula is C13H16N6O. The van der Waals surface area contributed by atoms with Gasteiger partial charge in [0.05, 0.1) is 0 Å². The molecule has 0 unspecified atom stereocenters. The molecule has 0 aliphatic heterocycles. The number of nitrogens with two attached hydrogens (primary N) is 1. The largest absolute Gasteiger partial charge is 0.383 e. The van der Waals surface area contributed by atoms with E-state index in [1.165, 1.54) is 0 Å². The van der Waals surface area contributed by atoms with Crippen molar-refractivity contribution in [1.82, 2.24) is 25.1 Å². The molecule has 1 saturated carbocycles. The van der Waals surface area contributed by atoms with Crippen LogP contribution in [-0.2, 0) is 0 Å². The van der Waals surface area contributed by atoms with Crippen molar-refractivity contribution >= 4 is 11.7 Å². The van der Waals surface area contributed by atoms with Crippen LogP contribution in [-0.4, -0.2) is 32.7 Å². The summed E-state index contributed by atoms with van der Waals surface area (Å²) in [5, 5.41) is 6.77. The molecule has 3 rings (SSSR count). The van der Waals surface area contributed by atoms with Crippen molar-refractivity contribution in [2.75, 3.05) is 12.8 Å². The van der Waals surface area contributed by atoms with Crippen LogP contribution in [0.5, 0.6) is 0 Å². The van der Waals surface area contributed by atoms with Crippen molar-refractivity contribution < 1.29 is 4.79 Å². The van der Waals surface area contributed by atoms with Gasteiger partial charge in [0.25, 0.3) is 5.91 Å². The van der Waals surface area contributed by atoms with Gasteiger partial charge in [0.1, 0.15) is 11.6 Å². The first kappa shape index (κ1) is 12.6. The molecule has 2 aromatic rings. The van der Waals surface area contributed by atoms with Crippen molar-refractivity contribution in [2.24, 2.45) is 0 Å². The fourth-order valence-electron chi connectivity index (χ4n) is 1.98. The second-order valence-corrected chi connectivity index (χ2v) is 4.91. The lowest BCUT2D eigenvalue weighted by molar-refractivity contribution is 0.0957. The van der Waals surface area contributed by atoms with Crippen LogP contribution in [0.4, 0.5) is 5.82 Å². The first-order chi connectivity index (χ1) is 9.60. The van der Waals surface area contributed by atoms with Crippen molar-refractivity contribution in [2.45, 2.75) is 25.7 Å². The van der Waals surface area contributed by atoms with E-state index in [0.29, 0.717) is 23.2 Å². The molecule has 7 heteroatoms. The molecule has 1 amide bonds. The van der Waals surface area contributed by atoms with Gasteiger partial charge < -0.3 is 11.1 Å². The highest BCUT2D eigenvalue weighted by molar-refractivity contribution is 5.91. The third-order valence-corrected chi connectivity index (χ3v) is 3.38. The van der Waals surface area contributed by atoms with Crippen LogP contribution >= 0.6 is 0 Å². The highest BCUT2D eigenvalue weighted by Crippen LogP contribution is 2.38. The van der Waals surface area contributed by atoms with Gasteiger partial charge in [-0.25, -0.2) is 14.6 Å². The van der Waals surface area contributed by atoms with E-state index in [-0.39, 0.29) is 5.91 Å². The molecule has 0 spiro atoms. The molecule has 0 radical (unpaired) electrons. The van der Waals surface area contributed by atoms with E-state index in [1.54, 1.807) is 24.0 Å². The number of carbonyl (C=O) groups is 1. The topological polar surface area (TPSA) is 98.7 Å². The fraction of sp³-hybridized carbons (Fsp3) is 0.385. The monoisotopic (exact) mass is 272 g/mol. The lowest BCUT2D eigenvalue weighted by Crippen LogP contribution is -2.19. The zero-order chi connectivity index (χ0) is 14.3. The summed E-state index contributed by atoms with van der Waals surface area (Å²) in [6, 6.07) is 1.65. The molecular weight excluding hydrogens is 256 g/mol. The van der Waals surface area contributed by atoms with Gasteiger partial charge in [-0.1, -0.05) is 0 Å². The van der Waals surface area contributed by atoms with E-state index >= 15 is 0 Å². The Morgan fingerprint density at radius 1 is 1.45 bits per heavy atom. The molecule has 2 heterocycles. The molecule has 0 aromatic carbocycles. The van der Waals surface area contributed by atoms with Crippen LogP contribution < -0.4 is 11.1 Å². The first-order valence-corrected chi connectivity index (χ1v) is 6.52. The number of hydrogen-bond acceptors (Lipinski definition) is 5. The minimum atomic E-state index is -0.231. The van der Waals surface area contributed by atoms with Gasteiger partial charge in [-0.15, -0.1) is 0 Å². The van der Waals surface area contributed by atoms with Gasteiger partial charge in [-0.05, 0) is 25.8 Å². The molecule has 7 nitrogen and oxygen atoms in total. The number of nitrogen functional groups attached to an aromatic ring is 1. The normalized spacial score (nSPS) is 14.3. The molecule has 1 fully saturated rings. The lowest BCUT2D eigenvalue weighted by atomic mass is 10.3. The standard InChI is InChI=1S/C13H16N6O/c1-7-10(14)16-11(8-3-4-8)17-12(7)19-6-5-9(18-19)13(20)15-2/h5-6,8H,3-4H2,1-2H3,(H,15,20)(H2,14,16,17). The van der Waals surface area contributed by atoms with Crippen molar-refractivity contribution in [1.29, 1.82) is 0 Å². The van der Waals surface area contributed by atoms with E-state index in [9.17, 15) is 4.79 Å². The summed E-state index contributed by atoms with van der Waals surface area (Å²) in [5.41, 5.74) is 7.05. The van der Waals surface area contributed by atoms with Crippen molar-refractivity contribution in [3.05, 3.63) is 29.3 Å². The second kappa shape index (κ2) is 4.59. The molecule has 0 atom stereocenters. The van der Waals surface area contributed by atoms with E-state index < -0.39 is 0 Å². The molecule has 20 heavy (non-hydrogen) atoms. The molecule has 104 valence electrons. The number of anilines is 1. The number of carbonyl (C=O) groups excluding carboxylic acids is 1. The summed E-state index contributed by atoms with van der Waals surface area (Å²) in [7, 11) is 1.57. The number of hydrogen-bond donors (Lipinski definition) is 2. The van der Waals surface area contributed by atoms with Crippen molar-refractivity contribution in [3.8, 4) is 5.82 Å². The Morgan fingerprint density at radius 2 is 2.20 bits per heavy atom. The maximum atomic E-state index is 11.6. The van der Waals surface area contributed by atoms with Crippen LogP contribution in [0.3, 0.4) is 0 Å². The van der Waals surface area contributed by atoms with Crippen LogP contribution in [0.1, 0.15) is 40.6 Å². The highest BCUT2D eigenvalue weighted by Gasteiger charge is 2.28. The molecule has 0 saturated heterocycles. The van der Waals surface area contributed by atoms with Crippen LogP contribution in [0.2, 0.25) is 0 Å². The smallest absolute Gasteiger partial charge is 0.271 e. The fourth-order valence-corrected chi connectivity index (χ4v) is 1.98. The Balaban J connectivity index is 2.04. The third-order valence-electron chi connectivity index (χ3n) is 3.38. The first-order valence-electron chi connectivity index (χ1n) is 6.52. The zero-order valence-corrected chi connectivity index (χ0v) is 11.4. The summed E-state index contributed by atoms with van der Waals surface area (Å²) >= 11 is 0. The molecule has 1 aliphatic carbocycles. The number of aromatic nitrogens is 4. The Bertz CT molecular complexity index is 673. The highest BCUT2D eigenvalue weighted by atomic mass is 16.1. The Hall–Kier alpha value is -2.44. The predicted molar refractivity (Wildman–Crippen MR) is 73.7 cm³/mol. The number of nitrogens with zero attached hydrogens (tertiary/aromatic N) is 4. The van der Waals surface area contributed by atoms with E-state index in [1.807, 2.05) is 6.92 Å². The minimum Gasteiger partial charge on any atom is -0.383 e. The molecule has 0 bridgehead atoms. The van der Waals surface area contributed by atoms with Crippen LogP contribution in [0.15, 0.2) is 12.3 Å². The molecule has 3 N–H and O–H groups in total. The van der Waals surface area contributed by atoms with Crippen LogP contribution in [0, 0.1) is 6.92 Å². The van der Waals surface area contributed by atoms with Gasteiger partial charge in [-0.2, -0.15) is 5.10 Å². The van der Waals surface area contributed by atoms with Gasteiger partial charge in [-0.3, -0.25) is 4.79 Å². The average Bonchev–Trinajstić information content (AvgIpc) is 3.18. The third kappa shape index (κ3) is 2.11. The van der Waals surface area contributed by atoms with E-state index in [4.69, 9.17) is 5.73 Å². The average molecular weight is 272 g/mol. The Kier molecular flexibility index (Phi) is 2.89. The van der Waals surface area contributed by atoms with E-state index in [0.717, 1.165) is 24.2 Å². The summed E-state index contributed by atoms with van der Waals surface area (Å²) in [5.74, 6) is 2.04. The SMILES string of the molecule is CNC(=O)c1ccn(-c2nc(C3CC3)nc(N)c2C)n1. The van der Waals surface area contributed by atoms with Gasteiger partial charge in [0.2, 0.25) is 0 Å². The molecule has 1 aliphatic rings. The van der Waals surface area contributed by atoms with Gasteiger partial charge in [0.15, 0.2) is 11.5 Å². The maximum Gasteiger partial charge on any atom is 0.271 e. The summed E-state index contributed by atoms with van der Waals surface area (Å²) in [6.07, 6.45) is 3.91. The number of amides is 1. The summed E-state index contributed by atoms with van der Waals surface area (Å²) in [6.45, 7) is 1.85. The second-order valence-electron chi connectivity index (χ2n) is 4.91.